The largest absolute Gasteiger partial charge is 0.379 e. The van der Waals surface area contributed by atoms with Gasteiger partial charge in [-0.1, -0.05) is 6.42 Å². The molecule has 0 bridgehead atoms. The van der Waals surface area contributed by atoms with Gasteiger partial charge in [-0.05, 0) is 42.0 Å². The van der Waals surface area contributed by atoms with Gasteiger partial charge in [-0.15, -0.1) is 5.10 Å². The van der Waals surface area contributed by atoms with Gasteiger partial charge in [0.05, 0.1) is 25.9 Å². The van der Waals surface area contributed by atoms with Crippen LogP contribution < -0.4 is 0 Å². The zero-order chi connectivity index (χ0) is 18.5. The fourth-order valence-electron chi connectivity index (χ4n) is 3.95. The van der Waals surface area contributed by atoms with Gasteiger partial charge in [0.1, 0.15) is 6.54 Å². The second-order valence-corrected chi connectivity index (χ2v) is 7.87. The molecular formula is C18H30N6O3. The molecule has 1 saturated carbocycles. The third-order valence-corrected chi connectivity index (χ3v) is 5.86. The summed E-state index contributed by atoms with van der Waals surface area (Å²) < 4.78 is 12.8. The van der Waals surface area contributed by atoms with Crippen molar-refractivity contribution in [3.8, 4) is 0 Å². The molecule has 0 aromatic carbocycles. The Balaban J connectivity index is 1.36. The summed E-state index contributed by atoms with van der Waals surface area (Å²) in [7, 11) is 0. The number of nitrogens with zero attached hydrogens (tertiary/aromatic N) is 6. The fourth-order valence-corrected chi connectivity index (χ4v) is 3.95. The van der Waals surface area contributed by atoms with Crippen LogP contribution in [0.15, 0.2) is 0 Å². The predicted octanol–water partition coefficient (Wildman–Crippen LogP) is 0.313. The quantitative estimate of drug-likeness (QED) is 0.644. The minimum Gasteiger partial charge on any atom is -0.379 e. The third kappa shape index (κ3) is 5.03. The lowest BCUT2D eigenvalue weighted by atomic mass is 9.85. The lowest BCUT2D eigenvalue weighted by Gasteiger charge is -2.33. The molecule has 0 N–H and O–H groups in total. The number of rotatable bonds is 8. The van der Waals surface area contributed by atoms with Crippen LogP contribution in [-0.2, 0) is 27.4 Å². The number of amides is 1. The van der Waals surface area contributed by atoms with E-state index in [9.17, 15) is 4.79 Å². The molecule has 150 valence electrons. The van der Waals surface area contributed by atoms with Crippen molar-refractivity contribution in [1.29, 1.82) is 0 Å². The molecule has 1 unspecified atom stereocenters. The maximum Gasteiger partial charge on any atom is 0.244 e. The van der Waals surface area contributed by atoms with Crippen molar-refractivity contribution in [3.05, 3.63) is 5.82 Å². The van der Waals surface area contributed by atoms with Crippen LogP contribution in [0.3, 0.4) is 0 Å². The summed E-state index contributed by atoms with van der Waals surface area (Å²) in [6, 6.07) is 0. The van der Waals surface area contributed by atoms with E-state index >= 15 is 0 Å². The first-order valence-corrected chi connectivity index (χ1v) is 10.2. The summed E-state index contributed by atoms with van der Waals surface area (Å²) in [4.78, 5) is 17.3. The molecule has 27 heavy (non-hydrogen) atoms. The van der Waals surface area contributed by atoms with Gasteiger partial charge in [-0.2, -0.15) is 0 Å². The minimum atomic E-state index is 0.0907. The molecule has 0 spiro atoms. The Hall–Kier alpha value is -1.58. The van der Waals surface area contributed by atoms with E-state index < -0.39 is 0 Å². The zero-order valence-corrected chi connectivity index (χ0v) is 16.0. The van der Waals surface area contributed by atoms with E-state index in [1.807, 2.05) is 4.90 Å². The van der Waals surface area contributed by atoms with Gasteiger partial charge in [0.25, 0.3) is 0 Å². The molecule has 1 atom stereocenters. The minimum absolute atomic E-state index is 0.0907. The first-order chi connectivity index (χ1) is 13.3. The molecule has 3 heterocycles. The van der Waals surface area contributed by atoms with Crippen molar-refractivity contribution in [3.63, 3.8) is 0 Å². The van der Waals surface area contributed by atoms with E-state index in [1.165, 1.54) is 19.3 Å². The average molecular weight is 378 g/mol. The number of ether oxygens (including phenoxy) is 2. The first-order valence-electron chi connectivity index (χ1n) is 10.2. The van der Waals surface area contributed by atoms with Crippen molar-refractivity contribution >= 4 is 5.91 Å². The van der Waals surface area contributed by atoms with Gasteiger partial charge < -0.3 is 14.4 Å². The topological polar surface area (TPSA) is 85.6 Å². The van der Waals surface area contributed by atoms with Gasteiger partial charge >= 0.3 is 0 Å². The van der Waals surface area contributed by atoms with Crippen molar-refractivity contribution in [2.75, 3.05) is 46.0 Å². The van der Waals surface area contributed by atoms with Crippen molar-refractivity contribution in [2.24, 2.45) is 5.92 Å². The lowest BCUT2D eigenvalue weighted by molar-refractivity contribution is -0.134. The molecular weight excluding hydrogens is 348 g/mol. The second kappa shape index (κ2) is 9.07. The number of morpholine rings is 1. The van der Waals surface area contributed by atoms with Crippen LogP contribution in [0.2, 0.25) is 0 Å². The van der Waals surface area contributed by atoms with E-state index in [-0.39, 0.29) is 18.6 Å². The summed E-state index contributed by atoms with van der Waals surface area (Å²) >= 11 is 0. The molecule has 1 amide bonds. The Bertz CT molecular complexity index is 608. The summed E-state index contributed by atoms with van der Waals surface area (Å²) in [6.07, 6.45) is 6.04. The number of hydrogen-bond donors (Lipinski definition) is 0. The van der Waals surface area contributed by atoms with Gasteiger partial charge in [0.15, 0.2) is 5.82 Å². The highest BCUT2D eigenvalue weighted by Gasteiger charge is 2.28. The molecule has 9 nitrogen and oxygen atoms in total. The zero-order valence-electron chi connectivity index (χ0n) is 16.0. The summed E-state index contributed by atoms with van der Waals surface area (Å²) in [5.74, 6) is 1.47. The normalized spacial score (nSPS) is 24.1. The highest BCUT2D eigenvalue weighted by molar-refractivity contribution is 5.76. The molecule has 3 fully saturated rings. The number of carbonyl (C=O) groups is 1. The highest BCUT2D eigenvalue weighted by atomic mass is 16.5. The third-order valence-electron chi connectivity index (χ3n) is 5.86. The first kappa shape index (κ1) is 18.8. The Labute approximate surface area is 160 Å². The van der Waals surface area contributed by atoms with E-state index in [1.54, 1.807) is 4.68 Å². The molecule has 0 radical (unpaired) electrons. The maximum atomic E-state index is 13.0. The van der Waals surface area contributed by atoms with Crippen molar-refractivity contribution < 1.29 is 14.3 Å². The van der Waals surface area contributed by atoms with Crippen LogP contribution in [0.1, 0.15) is 37.9 Å². The molecule has 4 rings (SSSR count). The van der Waals surface area contributed by atoms with E-state index in [0.717, 1.165) is 58.1 Å². The van der Waals surface area contributed by atoms with Crippen LogP contribution in [0.5, 0.6) is 0 Å². The van der Waals surface area contributed by atoms with E-state index in [2.05, 4.69) is 20.4 Å². The number of carbonyl (C=O) groups excluding carboxylic acids is 1. The number of tetrazole rings is 1. The predicted molar refractivity (Wildman–Crippen MR) is 96.8 cm³/mol. The molecule has 1 aromatic heterocycles. The molecule has 3 aliphatic rings. The van der Waals surface area contributed by atoms with E-state index in [4.69, 9.17) is 9.47 Å². The lowest BCUT2D eigenvalue weighted by Crippen LogP contribution is -2.43. The van der Waals surface area contributed by atoms with Gasteiger partial charge in [0, 0.05) is 32.8 Å². The smallest absolute Gasteiger partial charge is 0.244 e. The van der Waals surface area contributed by atoms with Gasteiger partial charge in [-0.25, -0.2) is 4.68 Å². The summed E-state index contributed by atoms with van der Waals surface area (Å²) in [5.41, 5.74) is 0. The van der Waals surface area contributed by atoms with Crippen molar-refractivity contribution in [2.45, 2.75) is 51.3 Å². The average Bonchev–Trinajstić information content (AvgIpc) is 3.30. The molecule has 9 heteroatoms. The maximum absolute atomic E-state index is 13.0. The standard InChI is InChI=1S/C18H30N6O3/c25-18(23(11-15-3-1-4-15)12-16-5-2-8-27-16)14-24-17(19-20-21-24)13-22-6-9-26-10-7-22/h15-16H,1-14H2. The fraction of sp³-hybridized carbons (Fsp3) is 0.889. The number of aromatic nitrogens is 4. The van der Waals surface area contributed by atoms with Gasteiger partial charge in [0.2, 0.25) is 5.91 Å². The summed E-state index contributed by atoms with van der Waals surface area (Å²) in [6.45, 7) is 6.39. The van der Waals surface area contributed by atoms with Crippen LogP contribution in [0.25, 0.3) is 0 Å². The second-order valence-electron chi connectivity index (χ2n) is 7.87. The molecule has 2 saturated heterocycles. The SMILES string of the molecule is O=C(Cn1nnnc1CN1CCOCC1)N(CC1CCC1)CC1CCCO1. The Morgan fingerprint density at radius 2 is 1.96 bits per heavy atom. The Morgan fingerprint density at radius 3 is 2.67 bits per heavy atom. The molecule has 2 aliphatic heterocycles. The van der Waals surface area contributed by atoms with Crippen LogP contribution in [0.4, 0.5) is 0 Å². The summed E-state index contributed by atoms with van der Waals surface area (Å²) in [5, 5.41) is 12.0. The van der Waals surface area contributed by atoms with Crippen LogP contribution in [0, 0.1) is 5.92 Å². The van der Waals surface area contributed by atoms with E-state index in [0.29, 0.717) is 19.0 Å². The van der Waals surface area contributed by atoms with Crippen LogP contribution >= 0.6 is 0 Å². The highest BCUT2D eigenvalue weighted by Crippen LogP contribution is 2.28. The number of hydrogen-bond acceptors (Lipinski definition) is 7. The monoisotopic (exact) mass is 378 g/mol. The Morgan fingerprint density at radius 1 is 1.11 bits per heavy atom. The van der Waals surface area contributed by atoms with Gasteiger partial charge in [-0.3, -0.25) is 9.69 Å². The molecule has 1 aliphatic carbocycles. The van der Waals surface area contributed by atoms with Crippen LogP contribution in [-0.4, -0.2) is 88.0 Å². The van der Waals surface area contributed by atoms with Crippen molar-refractivity contribution in [1.82, 2.24) is 30.0 Å². The molecule has 1 aromatic rings. The Kier molecular flexibility index (Phi) is 6.31.